The molecule has 0 saturated heterocycles. The van der Waals surface area contributed by atoms with Crippen molar-refractivity contribution in [2.24, 2.45) is 4.99 Å². The molecule has 1 amide bonds. The van der Waals surface area contributed by atoms with Crippen LogP contribution in [-0.4, -0.2) is 34.5 Å². The number of anilines is 1. The van der Waals surface area contributed by atoms with Gasteiger partial charge in [-0.2, -0.15) is 0 Å². The van der Waals surface area contributed by atoms with Gasteiger partial charge in [-0.1, -0.05) is 48.6 Å². The number of amides is 1. The van der Waals surface area contributed by atoms with Gasteiger partial charge in [0.1, 0.15) is 4.53 Å². The summed E-state index contributed by atoms with van der Waals surface area (Å²) in [6.07, 6.45) is 0.740. The van der Waals surface area contributed by atoms with Gasteiger partial charge in [0.25, 0.3) is 17.2 Å². The number of para-hydroxylation sites is 1. The molecule has 11 heteroatoms. The van der Waals surface area contributed by atoms with Crippen LogP contribution in [0.1, 0.15) is 44.4 Å². The summed E-state index contributed by atoms with van der Waals surface area (Å²) < 4.78 is 6.82. The van der Waals surface area contributed by atoms with E-state index in [1.165, 1.54) is 22.8 Å². The van der Waals surface area contributed by atoms with E-state index in [1.807, 2.05) is 31.2 Å². The number of benzene rings is 2. The van der Waals surface area contributed by atoms with Crippen LogP contribution in [0.3, 0.4) is 0 Å². The minimum Gasteiger partial charge on any atom is -0.463 e. The first-order valence-electron chi connectivity index (χ1n) is 12.2. The number of nitro benzene ring substituents is 1. The maximum absolute atomic E-state index is 14.1. The third-order valence-electron chi connectivity index (χ3n) is 6.49. The van der Waals surface area contributed by atoms with Crippen molar-refractivity contribution in [2.75, 3.05) is 18.1 Å². The molecule has 1 atom stereocenters. The number of rotatable bonds is 6. The van der Waals surface area contributed by atoms with Crippen molar-refractivity contribution >= 4 is 40.2 Å². The average Bonchev–Trinajstić information content (AvgIpc) is 3.36. The Balaban J connectivity index is 1.82. The quantitative estimate of drug-likeness (QED) is 0.273. The molecule has 2 aliphatic rings. The molecule has 2 aliphatic heterocycles. The highest BCUT2D eigenvalue weighted by atomic mass is 32.1. The van der Waals surface area contributed by atoms with Gasteiger partial charge in [0.2, 0.25) is 0 Å². The predicted octanol–water partition coefficient (Wildman–Crippen LogP) is 2.83. The Morgan fingerprint density at radius 2 is 1.92 bits per heavy atom. The van der Waals surface area contributed by atoms with E-state index in [0.717, 1.165) is 23.4 Å². The topological polar surface area (TPSA) is 124 Å². The fourth-order valence-corrected chi connectivity index (χ4v) is 6.05. The number of non-ortho nitro benzene ring substituents is 1. The zero-order valence-corrected chi connectivity index (χ0v) is 21.8. The number of fused-ring (bicyclic) bond motifs is 2. The molecule has 0 bridgehead atoms. The van der Waals surface area contributed by atoms with E-state index < -0.39 is 22.5 Å². The number of hydrogen-bond acceptors (Lipinski definition) is 8. The molecule has 0 aliphatic carbocycles. The molecule has 10 nitrogen and oxygen atoms in total. The molecule has 3 heterocycles. The average molecular weight is 533 g/mol. The molecule has 2 aromatic carbocycles. The Morgan fingerprint density at radius 3 is 2.63 bits per heavy atom. The van der Waals surface area contributed by atoms with E-state index in [-0.39, 0.29) is 33.9 Å². The van der Waals surface area contributed by atoms with Crippen LogP contribution < -0.4 is 19.8 Å². The van der Waals surface area contributed by atoms with E-state index >= 15 is 0 Å². The number of esters is 1. The second kappa shape index (κ2) is 9.82. The third kappa shape index (κ3) is 3.95. The van der Waals surface area contributed by atoms with Gasteiger partial charge in [0.15, 0.2) is 4.80 Å². The predicted molar refractivity (Wildman–Crippen MR) is 142 cm³/mol. The van der Waals surface area contributed by atoms with Gasteiger partial charge in [0, 0.05) is 24.2 Å². The van der Waals surface area contributed by atoms with Crippen molar-refractivity contribution in [3.63, 3.8) is 0 Å². The number of carbonyl (C=O) groups excluding carboxylic acids is 2. The second-order valence-corrected chi connectivity index (χ2v) is 9.80. The van der Waals surface area contributed by atoms with E-state index in [0.29, 0.717) is 28.2 Å². The van der Waals surface area contributed by atoms with Gasteiger partial charge < -0.3 is 9.64 Å². The zero-order chi connectivity index (χ0) is 27.1. The summed E-state index contributed by atoms with van der Waals surface area (Å²) in [5.74, 6) is -0.939. The van der Waals surface area contributed by atoms with E-state index in [4.69, 9.17) is 4.74 Å². The van der Waals surface area contributed by atoms with Crippen LogP contribution in [0.15, 0.2) is 69.6 Å². The largest absolute Gasteiger partial charge is 0.463 e. The number of nitro groups is 1. The molecule has 0 radical (unpaired) electrons. The molecule has 38 heavy (non-hydrogen) atoms. The SMILES string of the molecule is CCCN1C(=O)C(=c2sc3n(c2=O)C(c2cccc([N+](=O)[O-])c2)C(C(=O)OCC)=C(C)N=3)c2ccccc21. The van der Waals surface area contributed by atoms with Gasteiger partial charge in [-0.05, 0) is 31.9 Å². The highest BCUT2D eigenvalue weighted by Crippen LogP contribution is 2.36. The Bertz CT molecular complexity index is 1720. The monoisotopic (exact) mass is 532 g/mol. The fraction of sp³-hybridized carbons (Fsp3) is 0.259. The Hall–Kier alpha value is -4.38. The Morgan fingerprint density at radius 1 is 1.16 bits per heavy atom. The molecule has 0 fully saturated rings. The molecule has 0 spiro atoms. The van der Waals surface area contributed by atoms with Crippen molar-refractivity contribution in [2.45, 2.75) is 33.2 Å². The maximum atomic E-state index is 14.1. The summed E-state index contributed by atoms with van der Waals surface area (Å²) >= 11 is 1.07. The normalized spacial score (nSPS) is 17.7. The molecule has 0 saturated carbocycles. The molecule has 5 rings (SSSR count). The van der Waals surface area contributed by atoms with Crippen LogP contribution in [0.5, 0.6) is 0 Å². The van der Waals surface area contributed by atoms with Gasteiger partial charge in [-0.25, -0.2) is 9.79 Å². The van der Waals surface area contributed by atoms with E-state index in [1.54, 1.807) is 24.8 Å². The van der Waals surface area contributed by atoms with Crippen molar-refractivity contribution in [3.8, 4) is 0 Å². The first-order valence-corrected chi connectivity index (χ1v) is 13.0. The zero-order valence-electron chi connectivity index (χ0n) is 21.0. The third-order valence-corrected chi connectivity index (χ3v) is 7.54. The Labute approximate surface area is 221 Å². The number of allylic oxidation sites excluding steroid dienone is 1. The minimum atomic E-state index is -1.02. The summed E-state index contributed by atoms with van der Waals surface area (Å²) in [4.78, 5) is 58.2. The molecule has 3 aromatic rings. The first kappa shape index (κ1) is 25.3. The molecule has 0 N–H and O–H groups in total. The fourth-order valence-electron chi connectivity index (χ4n) is 4.91. The number of carbonyl (C=O) groups is 2. The standard InChI is InChI=1S/C27H24N4O6S/c1-4-13-29-19-12-7-6-11-18(19)21(24(29)32)23-25(33)30-22(16-9-8-10-17(14-16)31(35)36)20(26(34)37-5-2)15(3)28-27(30)38-23/h6-12,14,22H,4-5,13H2,1-3H3. The number of aromatic nitrogens is 1. The molecule has 1 unspecified atom stereocenters. The lowest BCUT2D eigenvalue weighted by atomic mass is 9.95. The lowest BCUT2D eigenvalue weighted by molar-refractivity contribution is -0.384. The van der Waals surface area contributed by atoms with Gasteiger partial charge in [0.05, 0.1) is 40.1 Å². The molecule has 1 aromatic heterocycles. The summed E-state index contributed by atoms with van der Waals surface area (Å²) in [7, 11) is 0. The Kier molecular flexibility index (Phi) is 6.53. The van der Waals surface area contributed by atoms with Crippen LogP contribution in [0.4, 0.5) is 11.4 Å². The van der Waals surface area contributed by atoms with Crippen LogP contribution >= 0.6 is 11.3 Å². The van der Waals surface area contributed by atoms with Crippen LogP contribution in [-0.2, 0) is 14.3 Å². The summed E-state index contributed by atoms with van der Waals surface area (Å²) in [6.45, 7) is 5.87. The van der Waals surface area contributed by atoms with Gasteiger partial charge in [-0.15, -0.1) is 0 Å². The molecule has 194 valence electrons. The number of nitrogens with zero attached hydrogens (tertiary/aromatic N) is 4. The van der Waals surface area contributed by atoms with Crippen LogP contribution in [0, 0.1) is 10.1 Å². The number of ether oxygens (including phenoxy) is 1. The van der Waals surface area contributed by atoms with Crippen molar-refractivity contribution in [3.05, 3.63) is 101 Å². The summed E-state index contributed by atoms with van der Waals surface area (Å²) in [6, 6.07) is 12.1. The van der Waals surface area contributed by atoms with Gasteiger partial charge >= 0.3 is 5.97 Å². The van der Waals surface area contributed by atoms with Crippen molar-refractivity contribution in [1.29, 1.82) is 0 Å². The van der Waals surface area contributed by atoms with Crippen LogP contribution in [0.25, 0.3) is 5.57 Å². The number of hydrogen-bond donors (Lipinski definition) is 0. The molecular weight excluding hydrogens is 508 g/mol. The highest BCUT2D eigenvalue weighted by molar-refractivity contribution is 7.07. The van der Waals surface area contributed by atoms with Crippen molar-refractivity contribution in [1.82, 2.24) is 4.57 Å². The minimum absolute atomic E-state index is 0.102. The number of thiazole rings is 1. The lowest BCUT2D eigenvalue weighted by Gasteiger charge is -2.24. The maximum Gasteiger partial charge on any atom is 0.338 e. The summed E-state index contributed by atoms with van der Waals surface area (Å²) in [5, 5.41) is 11.5. The molecular formula is C27H24N4O6S. The van der Waals surface area contributed by atoms with Crippen molar-refractivity contribution < 1.29 is 19.2 Å². The lowest BCUT2D eigenvalue weighted by Crippen LogP contribution is -2.41. The van der Waals surface area contributed by atoms with E-state index in [2.05, 4.69) is 4.99 Å². The smallest absolute Gasteiger partial charge is 0.338 e. The van der Waals surface area contributed by atoms with Gasteiger partial charge in [-0.3, -0.25) is 24.3 Å². The second-order valence-electron chi connectivity index (χ2n) is 8.82. The summed E-state index contributed by atoms with van der Waals surface area (Å²) in [5.41, 5.74) is 1.81. The first-order chi connectivity index (χ1) is 18.3. The van der Waals surface area contributed by atoms with E-state index in [9.17, 15) is 24.5 Å². The highest BCUT2D eigenvalue weighted by Gasteiger charge is 2.37. The van der Waals surface area contributed by atoms with Crippen LogP contribution in [0.2, 0.25) is 0 Å².